The van der Waals surface area contributed by atoms with Gasteiger partial charge in [0.2, 0.25) is 0 Å². The zero-order valence-corrected chi connectivity index (χ0v) is 15.7. The van der Waals surface area contributed by atoms with Gasteiger partial charge in [0.15, 0.2) is 0 Å². The van der Waals surface area contributed by atoms with E-state index in [1.807, 2.05) is 0 Å². The lowest BCUT2D eigenvalue weighted by Gasteiger charge is -2.44. The number of alkyl halides is 23. The van der Waals surface area contributed by atoms with Crippen LogP contribution in [0.1, 0.15) is 0 Å². The molecule has 0 aliphatic heterocycles. The molecule has 0 saturated carbocycles. The van der Waals surface area contributed by atoms with Crippen molar-refractivity contribution >= 4 is 5.91 Å². The maximum atomic E-state index is 13.4. The summed E-state index contributed by atoms with van der Waals surface area (Å²) in [7, 11) is 0. The number of primary amides is 1. The molecule has 2 nitrogen and oxygen atoms in total. The Labute approximate surface area is 184 Å². The molecule has 0 atom stereocenters. The molecule has 0 bridgehead atoms. The van der Waals surface area contributed by atoms with Crippen LogP contribution in [0, 0.1) is 0 Å². The number of carbonyl (C=O) groups excluding carboxylic acids is 1. The normalized spacial score (nSPS) is 16.7. The van der Waals surface area contributed by atoms with Gasteiger partial charge < -0.3 is 5.73 Å². The number of nitrogens with two attached hydrogens (primary N) is 1. The smallest absolute Gasteiger partial charge is 0.364 e. The molecule has 0 unspecified atom stereocenters. The molecule has 0 spiro atoms. The van der Waals surface area contributed by atoms with E-state index in [-0.39, 0.29) is 0 Å². The van der Waals surface area contributed by atoms with Crippen LogP contribution in [-0.2, 0) is 4.79 Å². The minimum atomic E-state index is -9.47. The molecule has 0 aliphatic carbocycles. The minimum Gasteiger partial charge on any atom is -0.364 e. The van der Waals surface area contributed by atoms with Crippen molar-refractivity contribution in [1.29, 1.82) is 0 Å². The van der Waals surface area contributed by atoms with Gasteiger partial charge in [-0.2, -0.15) is 101 Å². The van der Waals surface area contributed by atoms with Crippen molar-refractivity contribution in [3.05, 3.63) is 0 Å². The van der Waals surface area contributed by atoms with Gasteiger partial charge >= 0.3 is 65.4 Å². The Morgan fingerprint density at radius 3 is 0.649 bits per heavy atom. The molecule has 222 valence electrons. The summed E-state index contributed by atoms with van der Waals surface area (Å²) in [5.41, 5.74) is 3.39. The van der Waals surface area contributed by atoms with Gasteiger partial charge in [0, 0.05) is 0 Å². The first-order valence-corrected chi connectivity index (χ1v) is 7.59. The van der Waals surface area contributed by atoms with E-state index < -0.39 is 71.3 Å². The maximum absolute atomic E-state index is 13.4. The SMILES string of the molecule is NC(=O)C(F)(F)C(F)(F)C(F)(F)C(F)(F)C(F)(F)C(F)(F)C(F)(F)C(F)(F)C(F)(F)C(F)(F)C(F)(F)F. The molecule has 2 N–H and O–H groups in total. The molecule has 0 heterocycles. The predicted molar refractivity (Wildman–Crippen MR) is 64.7 cm³/mol. The van der Waals surface area contributed by atoms with Crippen molar-refractivity contribution < 1.29 is 106 Å². The lowest BCUT2D eigenvalue weighted by Crippen LogP contribution is -2.78. The standard InChI is InChI=1S/C12H2F23NO/c13-2(14,1(36)37)3(15,16)4(17,18)5(19,20)6(21,22)7(23,24)8(25,26)9(27,28)10(29,30)11(31,32)12(33,34)35/h(H2,36,37). The second-order valence-corrected chi connectivity index (χ2v) is 6.61. The van der Waals surface area contributed by atoms with Gasteiger partial charge in [0.1, 0.15) is 0 Å². The van der Waals surface area contributed by atoms with Crippen molar-refractivity contribution in [2.24, 2.45) is 5.73 Å². The number of amides is 1. The van der Waals surface area contributed by atoms with Crippen molar-refractivity contribution in [2.45, 2.75) is 65.4 Å². The van der Waals surface area contributed by atoms with Gasteiger partial charge in [0.05, 0.1) is 0 Å². The number of carbonyl (C=O) groups is 1. The molecule has 25 heteroatoms. The number of halogens is 23. The van der Waals surface area contributed by atoms with E-state index in [1.165, 1.54) is 0 Å². The quantitative estimate of drug-likeness (QED) is 0.286. The summed E-state index contributed by atoms with van der Waals surface area (Å²) in [4.78, 5) is 10.1. The Morgan fingerprint density at radius 1 is 0.324 bits per heavy atom. The summed E-state index contributed by atoms with van der Waals surface area (Å²) < 4.78 is 298. The first-order valence-electron chi connectivity index (χ1n) is 7.59. The zero-order chi connectivity index (χ0) is 31.1. The van der Waals surface area contributed by atoms with Gasteiger partial charge in [-0.15, -0.1) is 0 Å². The third kappa shape index (κ3) is 3.90. The van der Waals surface area contributed by atoms with E-state index in [2.05, 4.69) is 5.73 Å². The maximum Gasteiger partial charge on any atom is 0.460 e. The predicted octanol–water partition coefficient (Wildman–Crippen LogP) is 6.39. The van der Waals surface area contributed by atoms with Crippen molar-refractivity contribution in [1.82, 2.24) is 0 Å². The molecule has 0 aromatic heterocycles. The molecule has 1 amide bonds. The number of hydrogen-bond acceptors (Lipinski definition) is 1. The summed E-state index contributed by atoms with van der Waals surface area (Å²) >= 11 is 0. The molecule has 0 radical (unpaired) electrons. The fourth-order valence-electron chi connectivity index (χ4n) is 1.91. The zero-order valence-electron chi connectivity index (χ0n) is 15.7. The molecular formula is C12H2F23NO. The lowest BCUT2D eigenvalue weighted by molar-refractivity contribution is -0.477. The first-order chi connectivity index (χ1) is 15.4. The van der Waals surface area contributed by atoms with E-state index in [9.17, 15) is 106 Å². The summed E-state index contributed by atoms with van der Waals surface area (Å²) in [6.45, 7) is 0. The van der Waals surface area contributed by atoms with Gasteiger partial charge in [-0.3, -0.25) is 4.79 Å². The molecule has 0 aromatic rings. The van der Waals surface area contributed by atoms with E-state index in [0.717, 1.165) is 0 Å². The molecule has 0 fully saturated rings. The average molecular weight is 613 g/mol. The molecule has 0 saturated heterocycles. The van der Waals surface area contributed by atoms with Crippen LogP contribution in [0.5, 0.6) is 0 Å². The van der Waals surface area contributed by atoms with E-state index in [0.29, 0.717) is 0 Å². The Balaban J connectivity index is 7.25. The van der Waals surface area contributed by atoms with Crippen LogP contribution in [-0.4, -0.2) is 71.3 Å². The average Bonchev–Trinajstić information content (AvgIpc) is 2.65. The second kappa shape index (κ2) is 8.18. The van der Waals surface area contributed by atoms with Crippen LogP contribution in [0.3, 0.4) is 0 Å². The molecular weight excluding hydrogens is 611 g/mol. The topological polar surface area (TPSA) is 43.1 Å². The van der Waals surface area contributed by atoms with Crippen molar-refractivity contribution in [3.63, 3.8) is 0 Å². The van der Waals surface area contributed by atoms with Crippen molar-refractivity contribution in [3.8, 4) is 0 Å². The molecule has 0 aromatic carbocycles. The van der Waals surface area contributed by atoms with Crippen LogP contribution in [0.15, 0.2) is 0 Å². The summed E-state index contributed by atoms with van der Waals surface area (Å²) in [6, 6.07) is 0. The minimum absolute atomic E-state index is 3.39. The summed E-state index contributed by atoms with van der Waals surface area (Å²) in [5, 5.41) is 0. The molecule has 0 rings (SSSR count). The Bertz CT molecular complexity index is 881. The third-order valence-electron chi connectivity index (χ3n) is 4.21. The van der Waals surface area contributed by atoms with Crippen LogP contribution < -0.4 is 5.73 Å². The van der Waals surface area contributed by atoms with Gasteiger partial charge in [-0.25, -0.2) is 0 Å². The van der Waals surface area contributed by atoms with Crippen LogP contribution >= 0.6 is 0 Å². The van der Waals surface area contributed by atoms with E-state index >= 15 is 0 Å². The fraction of sp³-hybridized carbons (Fsp3) is 0.917. The second-order valence-electron chi connectivity index (χ2n) is 6.61. The highest BCUT2D eigenvalue weighted by Gasteiger charge is 2.99. The Hall–Kier alpha value is -2.14. The van der Waals surface area contributed by atoms with Gasteiger partial charge in [-0.05, 0) is 0 Å². The summed E-state index contributed by atoms with van der Waals surface area (Å²) in [5.74, 6) is -93.4. The van der Waals surface area contributed by atoms with Crippen molar-refractivity contribution in [2.75, 3.05) is 0 Å². The van der Waals surface area contributed by atoms with Gasteiger partial charge in [-0.1, -0.05) is 0 Å². The first kappa shape index (κ1) is 34.9. The van der Waals surface area contributed by atoms with Crippen LogP contribution in [0.2, 0.25) is 0 Å². The molecule has 37 heavy (non-hydrogen) atoms. The fourth-order valence-corrected chi connectivity index (χ4v) is 1.91. The number of rotatable bonds is 10. The Morgan fingerprint density at radius 2 is 0.486 bits per heavy atom. The third-order valence-corrected chi connectivity index (χ3v) is 4.21. The molecule has 0 aliphatic rings. The van der Waals surface area contributed by atoms with E-state index in [4.69, 9.17) is 0 Å². The largest absolute Gasteiger partial charge is 0.460 e. The monoisotopic (exact) mass is 613 g/mol. The highest BCUT2D eigenvalue weighted by atomic mass is 19.4. The van der Waals surface area contributed by atoms with Crippen LogP contribution in [0.4, 0.5) is 101 Å². The van der Waals surface area contributed by atoms with Crippen LogP contribution in [0.25, 0.3) is 0 Å². The van der Waals surface area contributed by atoms with Gasteiger partial charge in [0.25, 0.3) is 5.91 Å². The van der Waals surface area contributed by atoms with E-state index in [1.54, 1.807) is 0 Å². The highest BCUT2D eigenvalue weighted by Crippen LogP contribution is 2.67. The number of hydrogen-bond donors (Lipinski definition) is 1. The Kier molecular flexibility index (Phi) is 7.71. The lowest BCUT2D eigenvalue weighted by atomic mass is 9.85. The highest BCUT2D eigenvalue weighted by molar-refractivity contribution is 5.83. The summed E-state index contributed by atoms with van der Waals surface area (Å²) in [6.07, 6.45) is -8.12.